The lowest BCUT2D eigenvalue weighted by atomic mass is 9.99. The Labute approximate surface area is 227 Å². The molecule has 0 unspecified atom stereocenters. The van der Waals surface area contributed by atoms with Crippen molar-refractivity contribution in [2.24, 2.45) is 0 Å². The van der Waals surface area contributed by atoms with E-state index in [-0.39, 0.29) is 17.3 Å². The standard InChI is InChI=1S/C26H30O14/c1-13-22(16(28)8-9-35-13)40-24-21(32)20(31)19(30)17(39-24)10-36-25-23(33)26(34,12-38-25)11-37-18(29)7-4-14-2-5-15(27)6-3-14/h2-9,17,19-21,23-25,27,30-34H,10-12H2,1H3/b7-4+/t17-,19-,20+,21-,23+,24+,25-,26-/m1/s1. The number of esters is 1. The molecule has 0 spiro atoms. The highest BCUT2D eigenvalue weighted by Crippen LogP contribution is 2.29. The van der Waals surface area contributed by atoms with E-state index in [4.69, 9.17) is 28.1 Å². The van der Waals surface area contributed by atoms with Crippen LogP contribution in [0.25, 0.3) is 6.08 Å². The summed E-state index contributed by atoms with van der Waals surface area (Å²) in [5.74, 6) is -0.910. The molecule has 0 radical (unpaired) electrons. The Hall–Kier alpha value is -3.34. The van der Waals surface area contributed by atoms with Gasteiger partial charge in [-0.1, -0.05) is 12.1 Å². The van der Waals surface area contributed by atoms with E-state index < -0.39 is 79.9 Å². The minimum atomic E-state index is -2.01. The number of phenolic OH excluding ortho intramolecular Hbond substituents is 1. The smallest absolute Gasteiger partial charge is 0.330 e. The fourth-order valence-electron chi connectivity index (χ4n) is 4.02. The number of aliphatic hydroxyl groups excluding tert-OH is 4. The number of benzene rings is 1. The number of ether oxygens (including phenoxy) is 5. The van der Waals surface area contributed by atoms with Crippen LogP contribution in [0.4, 0.5) is 0 Å². The van der Waals surface area contributed by atoms with Crippen LogP contribution in [0.2, 0.25) is 0 Å². The van der Waals surface area contributed by atoms with Crippen LogP contribution in [0.1, 0.15) is 11.3 Å². The minimum Gasteiger partial charge on any atom is -0.508 e. The third-order valence-electron chi connectivity index (χ3n) is 6.41. The van der Waals surface area contributed by atoms with Crippen molar-refractivity contribution in [2.75, 3.05) is 19.8 Å². The molecule has 2 aliphatic rings. The van der Waals surface area contributed by atoms with Crippen LogP contribution in [-0.2, 0) is 23.7 Å². The van der Waals surface area contributed by atoms with Crippen molar-refractivity contribution in [1.29, 1.82) is 0 Å². The molecule has 1 aromatic carbocycles. The van der Waals surface area contributed by atoms with Crippen LogP contribution < -0.4 is 10.2 Å². The van der Waals surface area contributed by atoms with Crippen molar-refractivity contribution < 1.29 is 63.5 Å². The summed E-state index contributed by atoms with van der Waals surface area (Å²) in [5.41, 5.74) is -1.96. The van der Waals surface area contributed by atoms with E-state index in [0.717, 1.165) is 18.4 Å². The first-order valence-corrected chi connectivity index (χ1v) is 12.2. The second-order valence-electron chi connectivity index (χ2n) is 9.40. The fourth-order valence-corrected chi connectivity index (χ4v) is 4.02. The lowest BCUT2D eigenvalue weighted by molar-refractivity contribution is -0.289. The lowest BCUT2D eigenvalue weighted by Crippen LogP contribution is -2.60. The molecule has 0 saturated carbocycles. The number of hydrogen-bond donors (Lipinski definition) is 6. The fraction of sp³-hybridized carbons (Fsp3) is 0.462. The van der Waals surface area contributed by atoms with Gasteiger partial charge in [0, 0.05) is 12.1 Å². The maximum Gasteiger partial charge on any atom is 0.330 e. The number of aryl methyl sites for hydroxylation is 1. The van der Waals surface area contributed by atoms with E-state index in [1.165, 1.54) is 25.1 Å². The van der Waals surface area contributed by atoms with Gasteiger partial charge in [0.2, 0.25) is 17.5 Å². The Morgan fingerprint density at radius 1 is 1.07 bits per heavy atom. The number of aliphatic hydroxyl groups is 5. The van der Waals surface area contributed by atoms with Crippen LogP contribution in [-0.4, -0.2) is 105 Å². The number of rotatable bonds is 9. The first-order chi connectivity index (χ1) is 19.0. The van der Waals surface area contributed by atoms with Crippen LogP contribution in [0.15, 0.2) is 51.9 Å². The lowest BCUT2D eigenvalue weighted by Gasteiger charge is -2.40. The summed E-state index contributed by atoms with van der Waals surface area (Å²) < 4.78 is 31.8. The highest BCUT2D eigenvalue weighted by Gasteiger charge is 2.51. The van der Waals surface area contributed by atoms with Crippen molar-refractivity contribution >= 4 is 12.0 Å². The second-order valence-corrected chi connectivity index (χ2v) is 9.40. The quantitative estimate of drug-likeness (QED) is 0.152. The zero-order valence-electron chi connectivity index (χ0n) is 21.2. The van der Waals surface area contributed by atoms with Gasteiger partial charge in [-0.15, -0.1) is 0 Å². The molecule has 6 N–H and O–H groups in total. The predicted molar refractivity (Wildman–Crippen MR) is 132 cm³/mol. The molecule has 2 saturated heterocycles. The van der Waals surface area contributed by atoms with E-state index in [1.54, 1.807) is 12.1 Å². The molecule has 2 fully saturated rings. The van der Waals surface area contributed by atoms with E-state index in [9.17, 15) is 40.2 Å². The Kier molecular flexibility index (Phi) is 9.22. The maximum absolute atomic E-state index is 12.1. The predicted octanol–water partition coefficient (Wildman–Crippen LogP) is -1.44. The van der Waals surface area contributed by atoms with Gasteiger partial charge in [-0.2, -0.15) is 0 Å². The summed E-state index contributed by atoms with van der Waals surface area (Å²) in [5, 5.41) is 61.5. The highest BCUT2D eigenvalue weighted by molar-refractivity contribution is 5.87. The molecule has 2 aromatic rings. The molecular formula is C26H30O14. The number of hydrogen-bond acceptors (Lipinski definition) is 14. The van der Waals surface area contributed by atoms with Crippen molar-refractivity contribution in [2.45, 2.75) is 55.6 Å². The molecule has 40 heavy (non-hydrogen) atoms. The third-order valence-corrected chi connectivity index (χ3v) is 6.41. The molecule has 3 heterocycles. The first-order valence-electron chi connectivity index (χ1n) is 12.2. The Morgan fingerprint density at radius 3 is 2.50 bits per heavy atom. The van der Waals surface area contributed by atoms with E-state index in [2.05, 4.69) is 0 Å². The molecular weight excluding hydrogens is 536 g/mol. The van der Waals surface area contributed by atoms with Crippen LogP contribution in [0.5, 0.6) is 11.5 Å². The van der Waals surface area contributed by atoms with E-state index in [1.807, 2.05) is 0 Å². The summed E-state index contributed by atoms with van der Waals surface area (Å²) in [7, 11) is 0. The van der Waals surface area contributed by atoms with Gasteiger partial charge in [-0.05, 0) is 30.7 Å². The van der Waals surface area contributed by atoms with E-state index in [0.29, 0.717) is 5.56 Å². The summed E-state index contributed by atoms with van der Waals surface area (Å²) in [6.45, 7) is -0.144. The largest absolute Gasteiger partial charge is 0.508 e. The third kappa shape index (κ3) is 6.68. The van der Waals surface area contributed by atoms with Gasteiger partial charge in [0.05, 0.1) is 19.5 Å². The Morgan fingerprint density at radius 2 is 1.80 bits per heavy atom. The number of phenols is 1. The molecule has 0 amide bonds. The van der Waals surface area contributed by atoms with Gasteiger partial charge in [0.1, 0.15) is 48.6 Å². The molecule has 0 bridgehead atoms. The average Bonchev–Trinajstić information content (AvgIpc) is 3.22. The molecule has 14 nitrogen and oxygen atoms in total. The monoisotopic (exact) mass is 566 g/mol. The molecule has 0 aliphatic carbocycles. The van der Waals surface area contributed by atoms with Gasteiger partial charge in [0.15, 0.2) is 11.9 Å². The van der Waals surface area contributed by atoms with Gasteiger partial charge in [0.25, 0.3) is 0 Å². The summed E-state index contributed by atoms with van der Waals surface area (Å²) in [6, 6.07) is 7.12. The highest BCUT2D eigenvalue weighted by atomic mass is 16.7. The Balaban J connectivity index is 1.31. The minimum absolute atomic E-state index is 0.0665. The average molecular weight is 567 g/mol. The van der Waals surface area contributed by atoms with Crippen LogP contribution in [0, 0.1) is 6.92 Å². The zero-order chi connectivity index (χ0) is 29.0. The van der Waals surface area contributed by atoms with Gasteiger partial charge >= 0.3 is 5.97 Å². The van der Waals surface area contributed by atoms with Gasteiger partial charge < -0.3 is 58.7 Å². The topological polar surface area (TPSA) is 215 Å². The molecule has 1 aromatic heterocycles. The molecule has 4 rings (SSSR count). The molecule has 14 heteroatoms. The molecule has 2 aliphatic heterocycles. The number of carbonyl (C=O) groups excluding carboxylic acids is 1. The summed E-state index contributed by atoms with van der Waals surface area (Å²) in [4.78, 5) is 24.1. The van der Waals surface area contributed by atoms with Crippen molar-refractivity contribution in [3.8, 4) is 11.5 Å². The number of carbonyl (C=O) groups is 1. The molecule has 218 valence electrons. The second kappa shape index (κ2) is 12.4. The van der Waals surface area contributed by atoms with Crippen LogP contribution >= 0.6 is 0 Å². The van der Waals surface area contributed by atoms with Crippen molar-refractivity contribution in [1.82, 2.24) is 0 Å². The SMILES string of the molecule is Cc1occc(=O)c1O[C@@H]1O[C@H](CO[C@@H]2OC[C@](O)(COC(=O)/C=C/c3ccc(O)cc3)[C@H]2O)[C@@H](O)[C@H](O)[C@H]1O. The maximum atomic E-state index is 12.1. The summed E-state index contributed by atoms with van der Waals surface area (Å²) >= 11 is 0. The van der Waals surface area contributed by atoms with Crippen molar-refractivity contribution in [3.05, 3.63) is 64.2 Å². The number of aromatic hydroxyl groups is 1. The van der Waals surface area contributed by atoms with E-state index >= 15 is 0 Å². The van der Waals surface area contributed by atoms with Gasteiger partial charge in [-0.3, -0.25) is 4.79 Å². The van der Waals surface area contributed by atoms with Gasteiger partial charge in [-0.25, -0.2) is 4.79 Å². The van der Waals surface area contributed by atoms with Crippen LogP contribution in [0.3, 0.4) is 0 Å². The first kappa shape index (κ1) is 29.6. The summed E-state index contributed by atoms with van der Waals surface area (Å²) in [6.07, 6.45) is -7.45. The normalized spacial score (nSPS) is 32.3. The van der Waals surface area contributed by atoms with Crippen molar-refractivity contribution in [3.63, 3.8) is 0 Å². The zero-order valence-corrected chi connectivity index (χ0v) is 21.2. The molecule has 8 atom stereocenters. The Bertz CT molecular complexity index is 1240.